The van der Waals surface area contributed by atoms with Gasteiger partial charge < -0.3 is 19.1 Å². The van der Waals surface area contributed by atoms with Gasteiger partial charge in [0.05, 0.1) is 18.6 Å². The molecular weight excluding hydrogens is 470 g/mol. The molecule has 0 radical (unpaired) electrons. The molecule has 1 amide bonds. The molecule has 0 aliphatic carbocycles. The number of methoxy groups -OCH3 is 1. The van der Waals surface area contributed by atoms with Crippen molar-refractivity contribution in [3.05, 3.63) is 54.1 Å². The van der Waals surface area contributed by atoms with Crippen molar-refractivity contribution in [2.75, 3.05) is 39.9 Å². The number of alkyl halides is 2. The number of halogens is 2. The van der Waals surface area contributed by atoms with E-state index in [0.717, 1.165) is 0 Å². The number of amides is 1. The zero-order valence-electron chi connectivity index (χ0n) is 18.8. The van der Waals surface area contributed by atoms with Crippen LogP contribution in [0.25, 0.3) is 6.08 Å². The summed E-state index contributed by atoms with van der Waals surface area (Å²) in [4.78, 5) is 14.3. The van der Waals surface area contributed by atoms with Crippen LogP contribution < -0.4 is 14.2 Å². The first-order valence-corrected chi connectivity index (χ1v) is 12.0. The minimum atomic E-state index is -3.67. The largest absolute Gasteiger partial charge is 0.497 e. The normalized spacial score (nSPS) is 15.0. The maximum Gasteiger partial charge on any atom is 0.387 e. The Morgan fingerprint density at radius 2 is 1.74 bits per heavy atom. The van der Waals surface area contributed by atoms with Crippen molar-refractivity contribution in [2.45, 2.75) is 18.4 Å². The van der Waals surface area contributed by atoms with Crippen LogP contribution >= 0.6 is 0 Å². The minimum absolute atomic E-state index is 0.0884. The van der Waals surface area contributed by atoms with Crippen LogP contribution in [0.1, 0.15) is 12.5 Å². The molecule has 0 N–H and O–H groups in total. The highest BCUT2D eigenvalue weighted by molar-refractivity contribution is 7.89. The van der Waals surface area contributed by atoms with Crippen LogP contribution in [0, 0.1) is 0 Å². The number of piperazine rings is 1. The molecule has 184 valence electrons. The van der Waals surface area contributed by atoms with Crippen LogP contribution in [0.15, 0.2) is 53.4 Å². The third kappa shape index (κ3) is 6.23. The van der Waals surface area contributed by atoms with Crippen LogP contribution in [-0.2, 0) is 14.8 Å². The molecule has 1 fully saturated rings. The smallest absolute Gasteiger partial charge is 0.387 e. The van der Waals surface area contributed by atoms with Gasteiger partial charge in [-0.15, -0.1) is 0 Å². The summed E-state index contributed by atoms with van der Waals surface area (Å²) in [5.74, 6) is 0.336. The highest BCUT2D eigenvalue weighted by Crippen LogP contribution is 2.30. The highest BCUT2D eigenvalue weighted by Gasteiger charge is 2.29. The number of carbonyl (C=O) groups is 1. The van der Waals surface area contributed by atoms with Gasteiger partial charge in [0, 0.05) is 32.3 Å². The summed E-state index contributed by atoms with van der Waals surface area (Å²) in [5, 5.41) is 0. The first kappa shape index (κ1) is 25.4. The van der Waals surface area contributed by atoms with E-state index in [9.17, 15) is 22.0 Å². The number of carbonyl (C=O) groups excluding carboxylic acids is 1. The van der Waals surface area contributed by atoms with Gasteiger partial charge in [0.15, 0.2) is 11.5 Å². The lowest BCUT2D eigenvalue weighted by molar-refractivity contribution is -0.127. The average molecular weight is 497 g/mol. The number of hydrogen-bond acceptors (Lipinski definition) is 6. The Labute approximate surface area is 197 Å². The van der Waals surface area contributed by atoms with Gasteiger partial charge in [0.2, 0.25) is 15.9 Å². The fourth-order valence-corrected chi connectivity index (χ4v) is 4.83. The van der Waals surface area contributed by atoms with Crippen molar-refractivity contribution >= 4 is 22.0 Å². The Kier molecular flexibility index (Phi) is 8.46. The fraction of sp³-hybridized carbons (Fsp3) is 0.348. The first-order valence-electron chi connectivity index (χ1n) is 10.6. The molecule has 1 aliphatic heterocycles. The van der Waals surface area contributed by atoms with Crippen molar-refractivity contribution in [1.82, 2.24) is 9.21 Å². The van der Waals surface area contributed by atoms with E-state index in [1.807, 2.05) is 0 Å². The summed E-state index contributed by atoms with van der Waals surface area (Å²) < 4.78 is 67.0. The second-order valence-electron chi connectivity index (χ2n) is 7.26. The van der Waals surface area contributed by atoms with Gasteiger partial charge >= 0.3 is 6.61 Å². The molecule has 2 aromatic carbocycles. The predicted molar refractivity (Wildman–Crippen MR) is 122 cm³/mol. The lowest BCUT2D eigenvalue weighted by Gasteiger charge is -2.33. The zero-order chi connectivity index (χ0) is 24.7. The van der Waals surface area contributed by atoms with Crippen molar-refractivity contribution in [3.63, 3.8) is 0 Å². The molecule has 0 atom stereocenters. The van der Waals surface area contributed by atoms with E-state index in [0.29, 0.717) is 11.3 Å². The fourth-order valence-electron chi connectivity index (χ4n) is 3.41. The Bertz CT molecular complexity index is 1110. The molecule has 34 heavy (non-hydrogen) atoms. The van der Waals surface area contributed by atoms with Crippen LogP contribution in [-0.4, -0.2) is 70.0 Å². The van der Waals surface area contributed by atoms with Crippen molar-refractivity contribution in [1.29, 1.82) is 0 Å². The van der Waals surface area contributed by atoms with E-state index in [1.54, 1.807) is 24.0 Å². The number of ether oxygens (including phenoxy) is 3. The van der Waals surface area contributed by atoms with E-state index in [4.69, 9.17) is 9.47 Å². The van der Waals surface area contributed by atoms with Crippen LogP contribution in [0.2, 0.25) is 0 Å². The molecule has 0 aromatic heterocycles. The Hall–Kier alpha value is -3.18. The van der Waals surface area contributed by atoms with Crippen LogP contribution in [0.5, 0.6) is 17.2 Å². The summed E-state index contributed by atoms with van der Waals surface area (Å²) in [6, 6.07) is 10.5. The van der Waals surface area contributed by atoms with Gasteiger partial charge in [-0.2, -0.15) is 13.1 Å². The van der Waals surface area contributed by atoms with Crippen molar-refractivity contribution < 1.29 is 36.2 Å². The third-order valence-electron chi connectivity index (χ3n) is 5.15. The number of rotatable bonds is 9. The number of benzene rings is 2. The lowest BCUT2D eigenvalue weighted by Crippen LogP contribution is -2.50. The molecule has 2 aromatic rings. The minimum Gasteiger partial charge on any atom is -0.497 e. The Morgan fingerprint density at radius 3 is 2.32 bits per heavy atom. The van der Waals surface area contributed by atoms with Gasteiger partial charge in [0.1, 0.15) is 5.75 Å². The quantitative estimate of drug-likeness (QED) is 0.496. The van der Waals surface area contributed by atoms with Crippen molar-refractivity contribution in [3.8, 4) is 17.2 Å². The molecule has 3 rings (SSSR count). The molecule has 0 bridgehead atoms. The molecular formula is C23H26F2N2O6S. The van der Waals surface area contributed by atoms with E-state index >= 15 is 0 Å². The molecule has 0 unspecified atom stereocenters. The lowest BCUT2D eigenvalue weighted by atomic mass is 10.2. The van der Waals surface area contributed by atoms with Crippen LogP contribution in [0.4, 0.5) is 8.78 Å². The molecule has 1 heterocycles. The zero-order valence-corrected chi connectivity index (χ0v) is 19.6. The molecule has 1 saturated heterocycles. The topological polar surface area (TPSA) is 85.4 Å². The summed E-state index contributed by atoms with van der Waals surface area (Å²) in [5.41, 5.74) is 0.569. The molecule has 1 aliphatic rings. The molecule has 0 saturated carbocycles. The maximum absolute atomic E-state index is 12.9. The predicted octanol–water partition coefficient (Wildman–Crippen LogP) is 3.24. The van der Waals surface area contributed by atoms with E-state index < -0.39 is 16.6 Å². The SMILES string of the molecule is CCOc1cc(/C=C/C(=O)N2CCN(S(=O)(=O)c3ccc(OC)cc3)CC2)ccc1OC(F)F. The average Bonchev–Trinajstić information content (AvgIpc) is 2.84. The monoisotopic (exact) mass is 496 g/mol. The number of nitrogens with zero attached hydrogens (tertiary/aromatic N) is 2. The van der Waals surface area contributed by atoms with Crippen molar-refractivity contribution in [2.24, 2.45) is 0 Å². The van der Waals surface area contributed by atoms with Gasteiger partial charge in [0.25, 0.3) is 0 Å². The maximum atomic E-state index is 12.9. The number of hydrogen-bond donors (Lipinski definition) is 0. The second-order valence-corrected chi connectivity index (χ2v) is 9.19. The second kappa shape index (κ2) is 11.3. The highest BCUT2D eigenvalue weighted by atomic mass is 32.2. The van der Waals surface area contributed by atoms with Gasteiger partial charge in [-0.1, -0.05) is 6.07 Å². The summed E-state index contributed by atoms with van der Waals surface area (Å²) in [7, 11) is -2.17. The molecule has 11 heteroatoms. The van der Waals surface area contributed by atoms with Crippen LogP contribution in [0.3, 0.4) is 0 Å². The molecule has 8 nitrogen and oxygen atoms in total. The Balaban J connectivity index is 1.61. The van der Waals surface area contributed by atoms with Gasteiger partial charge in [-0.25, -0.2) is 8.42 Å². The summed E-state index contributed by atoms with van der Waals surface area (Å²) in [6.45, 7) is -0.186. The molecule has 0 spiro atoms. The third-order valence-corrected chi connectivity index (χ3v) is 7.06. The van der Waals surface area contributed by atoms with E-state index in [1.165, 1.54) is 53.9 Å². The van der Waals surface area contributed by atoms with E-state index in [-0.39, 0.29) is 55.1 Å². The summed E-state index contributed by atoms with van der Waals surface area (Å²) >= 11 is 0. The first-order chi connectivity index (χ1) is 16.2. The summed E-state index contributed by atoms with van der Waals surface area (Å²) in [6.07, 6.45) is 2.89. The number of sulfonamides is 1. The Morgan fingerprint density at radius 1 is 1.06 bits per heavy atom. The van der Waals surface area contributed by atoms with E-state index in [2.05, 4.69) is 4.74 Å². The van der Waals surface area contributed by atoms with Gasteiger partial charge in [-0.05, 0) is 55.0 Å². The standard InChI is InChI=1S/C23H26F2N2O6S/c1-3-32-21-16-17(4-10-20(21)33-23(24)25)5-11-22(28)26-12-14-27(15-13-26)34(29,30)19-8-6-18(31-2)7-9-19/h4-11,16,23H,3,12-15H2,1-2H3/b11-5+. The van der Waals surface area contributed by atoms with Gasteiger partial charge in [-0.3, -0.25) is 4.79 Å².